The zero-order valence-electron chi connectivity index (χ0n) is 26.4. The maximum Gasteiger partial charge on any atom is 0.397 e. The summed E-state index contributed by atoms with van der Waals surface area (Å²) >= 11 is 6.75. The quantitative estimate of drug-likeness (QED) is 0.351. The van der Waals surface area contributed by atoms with Crippen LogP contribution < -0.4 is 20.1 Å². The van der Waals surface area contributed by atoms with Gasteiger partial charge in [-0.1, -0.05) is 24.9 Å². The van der Waals surface area contributed by atoms with E-state index in [2.05, 4.69) is 26.9 Å². The van der Waals surface area contributed by atoms with Crippen molar-refractivity contribution in [3.63, 3.8) is 0 Å². The number of fused-ring (bicyclic) bond motifs is 1. The highest BCUT2D eigenvalue weighted by Crippen LogP contribution is 2.55. The molecule has 2 saturated carbocycles. The van der Waals surface area contributed by atoms with Gasteiger partial charge in [-0.05, 0) is 51.3 Å². The molecule has 4 heterocycles. The van der Waals surface area contributed by atoms with Crippen LogP contribution in [0.4, 0.5) is 32.2 Å². The summed E-state index contributed by atoms with van der Waals surface area (Å²) in [5, 5.41) is -0.490. The molecule has 0 radical (unpaired) electrons. The molecule has 3 aliphatic heterocycles. The Kier molecular flexibility index (Phi) is 7.62. The fourth-order valence-corrected chi connectivity index (χ4v) is 9.20. The molecule has 4 atom stereocenters. The Morgan fingerprint density at radius 3 is 2.55 bits per heavy atom. The van der Waals surface area contributed by atoms with Gasteiger partial charge in [0.25, 0.3) is 5.92 Å². The van der Waals surface area contributed by atoms with Crippen LogP contribution in [0.25, 0.3) is 10.9 Å². The van der Waals surface area contributed by atoms with E-state index in [1.807, 2.05) is 0 Å². The zero-order chi connectivity index (χ0) is 33.7. The molecule has 5 aliphatic rings. The summed E-state index contributed by atoms with van der Waals surface area (Å²) in [6, 6.07) is 0.0782. The van der Waals surface area contributed by atoms with E-state index in [-0.39, 0.29) is 59.9 Å². The molecule has 2 aliphatic carbocycles. The van der Waals surface area contributed by atoms with E-state index in [1.165, 1.54) is 6.92 Å². The number of allylic oxidation sites excluding steroid dienone is 1. The highest BCUT2D eigenvalue weighted by atomic mass is 35.5. The Morgan fingerprint density at radius 2 is 1.85 bits per heavy atom. The van der Waals surface area contributed by atoms with Crippen LogP contribution in [0, 0.1) is 23.1 Å². The van der Waals surface area contributed by atoms with Crippen LogP contribution in [0.15, 0.2) is 16.9 Å². The summed E-state index contributed by atoms with van der Waals surface area (Å²) in [4.78, 5) is 16.9. The number of aromatic nitrogens is 2. The maximum atomic E-state index is 16.9. The molecule has 1 aromatic heterocycles. The second kappa shape index (κ2) is 11.0. The van der Waals surface area contributed by atoms with E-state index >= 15 is 4.39 Å². The largest absolute Gasteiger partial charge is 0.491 e. The minimum Gasteiger partial charge on any atom is -0.491 e. The minimum atomic E-state index is -4.82. The van der Waals surface area contributed by atoms with Gasteiger partial charge in [0.2, 0.25) is 0 Å². The van der Waals surface area contributed by atoms with Crippen molar-refractivity contribution in [2.24, 2.45) is 28.0 Å². The van der Waals surface area contributed by atoms with Crippen molar-refractivity contribution in [1.82, 2.24) is 14.9 Å². The third-order valence-electron chi connectivity index (χ3n) is 11.1. The van der Waals surface area contributed by atoms with E-state index in [4.69, 9.17) is 26.8 Å². The molecule has 47 heavy (non-hydrogen) atoms. The minimum absolute atomic E-state index is 0.0359. The van der Waals surface area contributed by atoms with Crippen LogP contribution in [0.5, 0.6) is 11.8 Å². The van der Waals surface area contributed by atoms with Crippen LogP contribution in [-0.2, 0) is 0 Å². The number of aliphatic imine (C=N–C) groups is 1. The van der Waals surface area contributed by atoms with Crippen molar-refractivity contribution in [3.8, 4) is 11.8 Å². The molecule has 15 heteroatoms. The average Bonchev–Trinajstić information content (AvgIpc) is 3.40. The highest BCUT2D eigenvalue weighted by Gasteiger charge is 2.60. The van der Waals surface area contributed by atoms with E-state index in [9.17, 15) is 22.0 Å². The molecule has 1 aromatic carbocycles. The summed E-state index contributed by atoms with van der Waals surface area (Å²) in [5.41, 5.74) is 2.93. The smallest absolute Gasteiger partial charge is 0.397 e. The van der Waals surface area contributed by atoms with Crippen LogP contribution in [0.1, 0.15) is 63.9 Å². The van der Waals surface area contributed by atoms with Crippen LogP contribution in [0.3, 0.4) is 0 Å². The van der Waals surface area contributed by atoms with Crippen LogP contribution in [-0.4, -0.2) is 78.1 Å². The van der Waals surface area contributed by atoms with Crippen LogP contribution in [0.2, 0.25) is 5.02 Å². The first-order valence-electron chi connectivity index (χ1n) is 16.0. The molecule has 2 N–H and O–H groups in total. The number of benzene rings is 1. The van der Waals surface area contributed by atoms with Gasteiger partial charge in [0, 0.05) is 37.8 Å². The standard InChI is InChI=1S/C32H37ClF6N6O2/c1-16-12-18(40)41-24(21(16)32(37,38)39)19-22(33)26-20-25(23(19)34)42-28(47-15-29-7-4-6-17(29)44(2)10-5-8-29)43-27(20)45(3)30(9-11-46-26)13-31(35,36)14-30/h12,16-17,21H,4-11,13-15,40H2,1-3H3. The second-order valence-electron chi connectivity index (χ2n) is 14.1. The highest BCUT2D eigenvalue weighted by molar-refractivity contribution is 6.37. The molecule has 2 aromatic rings. The number of rotatable bonds is 4. The number of nitrogens with zero attached hydrogens (tertiary/aromatic N) is 5. The summed E-state index contributed by atoms with van der Waals surface area (Å²) < 4.78 is 101. The fraction of sp³-hybridized carbons (Fsp3) is 0.656. The molecule has 4 unspecified atom stereocenters. The van der Waals surface area contributed by atoms with Crippen LogP contribution >= 0.6 is 11.6 Å². The Morgan fingerprint density at radius 1 is 1.13 bits per heavy atom. The first kappa shape index (κ1) is 32.5. The Labute approximate surface area is 273 Å². The topological polar surface area (TPSA) is 89.1 Å². The SMILES string of the molecule is CC1C=C(N)N=C(c2c(Cl)c3c4c(nc(OCC56CCCC5N(C)CCC6)nc4c2F)N(C)C2(CCO3)CC(F)(F)C2)C1C(F)(F)F. The van der Waals surface area contributed by atoms with Gasteiger partial charge in [-0.15, -0.1) is 0 Å². The van der Waals surface area contributed by atoms with Gasteiger partial charge < -0.3 is 25.0 Å². The predicted molar refractivity (Wildman–Crippen MR) is 165 cm³/mol. The van der Waals surface area contributed by atoms with Crippen molar-refractivity contribution in [2.75, 3.05) is 38.8 Å². The van der Waals surface area contributed by atoms with Gasteiger partial charge in [0.15, 0.2) is 11.6 Å². The van der Waals surface area contributed by atoms with E-state index in [0.717, 1.165) is 44.7 Å². The molecular formula is C32H37ClF6N6O2. The number of ether oxygens (including phenoxy) is 2. The average molecular weight is 687 g/mol. The molecule has 0 bridgehead atoms. The van der Waals surface area contributed by atoms with E-state index < -0.39 is 69.9 Å². The molecule has 3 fully saturated rings. The normalized spacial score (nSPS) is 30.2. The van der Waals surface area contributed by atoms with Gasteiger partial charge in [-0.25, -0.2) is 18.2 Å². The molecule has 256 valence electrons. The number of hydrogen-bond donors (Lipinski definition) is 1. The summed E-state index contributed by atoms with van der Waals surface area (Å²) in [5.74, 6) is -7.80. The third kappa shape index (κ3) is 5.19. The lowest BCUT2D eigenvalue weighted by atomic mass is 9.70. The Bertz CT molecular complexity index is 1680. The molecular weight excluding hydrogens is 650 g/mol. The van der Waals surface area contributed by atoms with Crippen molar-refractivity contribution >= 4 is 34.0 Å². The van der Waals surface area contributed by atoms with Crippen molar-refractivity contribution in [2.45, 2.75) is 82.0 Å². The Balaban J connectivity index is 1.41. The number of likely N-dealkylation sites (tertiary alicyclic amines) is 1. The number of piperidine rings is 1. The maximum absolute atomic E-state index is 16.9. The predicted octanol–water partition coefficient (Wildman–Crippen LogP) is 6.87. The molecule has 1 spiro atoms. The molecule has 1 saturated heterocycles. The monoisotopic (exact) mass is 686 g/mol. The first-order chi connectivity index (χ1) is 22.1. The van der Waals surface area contributed by atoms with Crippen molar-refractivity contribution in [1.29, 1.82) is 0 Å². The number of halogens is 7. The van der Waals surface area contributed by atoms with Crippen molar-refractivity contribution in [3.05, 3.63) is 28.3 Å². The first-order valence-corrected chi connectivity index (χ1v) is 16.4. The zero-order valence-corrected chi connectivity index (χ0v) is 27.1. The number of hydrogen-bond acceptors (Lipinski definition) is 8. The lowest BCUT2D eigenvalue weighted by Crippen LogP contribution is -2.62. The van der Waals surface area contributed by atoms with E-state index in [1.54, 1.807) is 11.9 Å². The molecule has 7 rings (SSSR count). The number of alkyl halides is 5. The summed E-state index contributed by atoms with van der Waals surface area (Å²) in [7, 11) is 3.68. The molecule has 0 amide bonds. The Hall–Kier alpha value is -3.00. The van der Waals surface area contributed by atoms with E-state index in [0.29, 0.717) is 0 Å². The van der Waals surface area contributed by atoms with Gasteiger partial charge in [0.05, 0.1) is 40.4 Å². The number of anilines is 1. The van der Waals surface area contributed by atoms with Gasteiger partial charge in [0.1, 0.15) is 23.1 Å². The number of nitrogens with two attached hydrogens (primary N) is 1. The fourth-order valence-electron chi connectivity index (χ4n) is 8.87. The lowest BCUT2D eigenvalue weighted by molar-refractivity contribution is -0.162. The third-order valence-corrected chi connectivity index (χ3v) is 11.5. The lowest BCUT2D eigenvalue weighted by Gasteiger charge is -2.53. The van der Waals surface area contributed by atoms with Gasteiger partial charge in [-0.2, -0.15) is 23.1 Å². The molecule has 8 nitrogen and oxygen atoms in total. The van der Waals surface area contributed by atoms with Crippen molar-refractivity contribution < 1.29 is 35.8 Å². The van der Waals surface area contributed by atoms with Gasteiger partial charge >= 0.3 is 12.2 Å². The van der Waals surface area contributed by atoms with Gasteiger partial charge in [-0.3, -0.25) is 0 Å². The second-order valence-corrected chi connectivity index (χ2v) is 14.5. The summed E-state index contributed by atoms with van der Waals surface area (Å²) in [6.07, 6.45) is 0.412. The summed E-state index contributed by atoms with van der Waals surface area (Å²) in [6.45, 7) is 2.42.